The van der Waals surface area contributed by atoms with Gasteiger partial charge in [0.15, 0.2) is 0 Å². The van der Waals surface area contributed by atoms with E-state index < -0.39 is 9.84 Å². The molecule has 1 aliphatic heterocycles. The largest absolute Gasteiger partial charge is 0.392 e. The van der Waals surface area contributed by atoms with E-state index in [4.69, 9.17) is 0 Å². The summed E-state index contributed by atoms with van der Waals surface area (Å²) in [6.07, 6.45) is 2.36. The summed E-state index contributed by atoms with van der Waals surface area (Å²) in [5.41, 5.74) is 0. The summed E-state index contributed by atoms with van der Waals surface area (Å²) in [4.78, 5) is 2.15. The molecule has 0 aromatic heterocycles. The molecule has 0 spiro atoms. The molecule has 4 nitrogen and oxygen atoms in total. The van der Waals surface area contributed by atoms with Crippen molar-refractivity contribution in [1.82, 2.24) is 4.90 Å². The summed E-state index contributed by atoms with van der Waals surface area (Å²) < 4.78 is 22.5. The molecule has 0 aromatic carbocycles. The summed E-state index contributed by atoms with van der Waals surface area (Å²) >= 11 is 0. The first kappa shape index (κ1) is 12.9. The van der Waals surface area contributed by atoms with Crippen molar-refractivity contribution in [3.05, 3.63) is 0 Å². The lowest BCUT2D eigenvalue weighted by atomic mass is 10.1. The molecule has 15 heavy (non-hydrogen) atoms. The van der Waals surface area contributed by atoms with E-state index in [0.717, 1.165) is 25.9 Å². The van der Waals surface area contributed by atoms with Crippen LogP contribution in [0.1, 0.15) is 26.2 Å². The lowest BCUT2D eigenvalue weighted by Crippen LogP contribution is -2.39. The minimum Gasteiger partial charge on any atom is -0.392 e. The van der Waals surface area contributed by atoms with Crippen LogP contribution in [0.25, 0.3) is 0 Å². The lowest BCUT2D eigenvalue weighted by molar-refractivity contribution is 0.0710. The fourth-order valence-corrected chi connectivity index (χ4v) is 2.74. The number of piperidine rings is 1. The van der Waals surface area contributed by atoms with E-state index in [1.54, 1.807) is 6.92 Å². The predicted molar refractivity (Wildman–Crippen MR) is 60.6 cm³/mol. The van der Waals surface area contributed by atoms with E-state index >= 15 is 0 Å². The average Bonchev–Trinajstić information content (AvgIpc) is 2.18. The zero-order valence-electron chi connectivity index (χ0n) is 9.35. The smallest absolute Gasteiger partial charge is 0.150 e. The first-order valence-corrected chi connectivity index (χ1v) is 7.46. The molecule has 90 valence electrons. The number of hydrogen-bond donors (Lipinski definition) is 1. The summed E-state index contributed by atoms with van der Waals surface area (Å²) in [5.74, 6) is 0.506. The van der Waals surface area contributed by atoms with Crippen LogP contribution in [0.5, 0.6) is 0 Å². The standard InChI is InChI=1S/C10H21NO3S/c1-2-15(13,14)8-4-7-11-6-3-5-10(12)9-11/h10,12H,2-9H2,1H3/t10-/m0/s1. The van der Waals surface area contributed by atoms with Gasteiger partial charge in [0.05, 0.1) is 11.9 Å². The van der Waals surface area contributed by atoms with Crippen molar-refractivity contribution in [2.75, 3.05) is 31.1 Å². The Bertz CT molecular complexity index is 276. The molecule has 5 heteroatoms. The van der Waals surface area contributed by atoms with E-state index in [0.29, 0.717) is 13.0 Å². The molecule has 0 unspecified atom stereocenters. The first-order valence-electron chi connectivity index (χ1n) is 5.64. The van der Waals surface area contributed by atoms with Gasteiger partial charge in [-0.05, 0) is 32.4 Å². The fourth-order valence-electron chi connectivity index (χ4n) is 1.89. The quantitative estimate of drug-likeness (QED) is 0.743. The van der Waals surface area contributed by atoms with Gasteiger partial charge in [-0.2, -0.15) is 0 Å². The van der Waals surface area contributed by atoms with Crippen molar-refractivity contribution in [2.45, 2.75) is 32.3 Å². The van der Waals surface area contributed by atoms with Gasteiger partial charge in [0, 0.05) is 12.3 Å². The van der Waals surface area contributed by atoms with E-state index in [1.165, 1.54) is 0 Å². The topological polar surface area (TPSA) is 57.6 Å². The third-order valence-corrected chi connectivity index (χ3v) is 4.64. The van der Waals surface area contributed by atoms with E-state index in [1.807, 2.05) is 0 Å². The Balaban J connectivity index is 2.20. The molecular weight excluding hydrogens is 214 g/mol. The van der Waals surface area contributed by atoms with Crippen molar-refractivity contribution in [2.24, 2.45) is 0 Å². The van der Waals surface area contributed by atoms with Crippen molar-refractivity contribution >= 4 is 9.84 Å². The number of aliphatic hydroxyl groups is 1. The molecule has 0 amide bonds. The second kappa shape index (κ2) is 5.82. The second-order valence-corrected chi connectivity index (χ2v) is 6.66. The van der Waals surface area contributed by atoms with Crippen LogP contribution in [-0.2, 0) is 9.84 Å². The number of β-amino-alcohol motifs (C(OH)–C–C–N with tert-alkyl or cyclic N) is 1. The minimum absolute atomic E-state index is 0.221. The van der Waals surface area contributed by atoms with Crippen molar-refractivity contribution in [1.29, 1.82) is 0 Å². The fraction of sp³-hybridized carbons (Fsp3) is 1.00. The Labute approximate surface area is 92.2 Å². The number of nitrogens with zero attached hydrogens (tertiary/aromatic N) is 1. The summed E-state index contributed by atoms with van der Waals surface area (Å²) in [7, 11) is -2.82. The van der Waals surface area contributed by atoms with E-state index in [2.05, 4.69) is 4.90 Å². The molecule has 1 saturated heterocycles. The molecule has 1 N–H and O–H groups in total. The summed E-state index contributed by atoms with van der Waals surface area (Å²) in [5, 5.41) is 9.43. The second-order valence-electron chi connectivity index (χ2n) is 4.19. The van der Waals surface area contributed by atoms with Crippen LogP contribution < -0.4 is 0 Å². The van der Waals surface area contributed by atoms with Gasteiger partial charge in [-0.3, -0.25) is 0 Å². The van der Waals surface area contributed by atoms with E-state index in [9.17, 15) is 13.5 Å². The van der Waals surface area contributed by atoms with Crippen LogP contribution >= 0.6 is 0 Å². The van der Waals surface area contributed by atoms with Gasteiger partial charge >= 0.3 is 0 Å². The zero-order valence-corrected chi connectivity index (χ0v) is 10.2. The Morgan fingerprint density at radius 1 is 1.47 bits per heavy atom. The highest BCUT2D eigenvalue weighted by Gasteiger charge is 2.17. The average molecular weight is 235 g/mol. The van der Waals surface area contributed by atoms with E-state index in [-0.39, 0.29) is 17.6 Å². The van der Waals surface area contributed by atoms with Gasteiger partial charge in [0.25, 0.3) is 0 Å². The molecule has 0 aliphatic carbocycles. The Morgan fingerprint density at radius 3 is 2.80 bits per heavy atom. The molecule has 0 saturated carbocycles. The van der Waals surface area contributed by atoms with Crippen LogP contribution in [0.4, 0.5) is 0 Å². The third-order valence-electron chi connectivity index (χ3n) is 2.85. The van der Waals surface area contributed by atoms with Gasteiger partial charge in [0.1, 0.15) is 9.84 Å². The van der Waals surface area contributed by atoms with Gasteiger partial charge in [-0.25, -0.2) is 8.42 Å². The third kappa shape index (κ3) is 4.95. The zero-order chi connectivity index (χ0) is 11.3. The van der Waals surface area contributed by atoms with Gasteiger partial charge in [-0.1, -0.05) is 6.92 Å². The SMILES string of the molecule is CCS(=O)(=O)CCCN1CCC[C@H](O)C1. The Morgan fingerprint density at radius 2 is 2.20 bits per heavy atom. The van der Waals surface area contributed by atoms with Crippen molar-refractivity contribution in [3.8, 4) is 0 Å². The molecular formula is C10H21NO3S. The number of sulfone groups is 1. The molecule has 0 bridgehead atoms. The number of rotatable bonds is 5. The van der Waals surface area contributed by atoms with Crippen LogP contribution in [0, 0.1) is 0 Å². The first-order chi connectivity index (χ1) is 7.03. The van der Waals surface area contributed by atoms with Crippen LogP contribution in [0.2, 0.25) is 0 Å². The molecule has 1 atom stereocenters. The highest BCUT2D eigenvalue weighted by molar-refractivity contribution is 7.91. The number of hydrogen-bond acceptors (Lipinski definition) is 4. The molecule has 1 heterocycles. The van der Waals surface area contributed by atoms with Gasteiger partial charge < -0.3 is 10.0 Å². The maximum atomic E-state index is 11.2. The number of aliphatic hydroxyl groups excluding tert-OH is 1. The molecule has 0 aromatic rings. The molecule has 0 radical (unpaired) electrons. The Kier molecular flexibility index (Phi) is 5.02. The normalized spacial score (nSPS) is 24.3. The van der Waals surface area contributed by atoms with Crippen molar-refractivity contribution in [3.63, 3.8) is 0 Å². The minimum atomic E-state index is -2.82. The maximum Gasteiger partial charge on any atom is 0.150 e. The highest BCUT2D eigenvalue weighted by atomic mass is 32.2. The lowest BCUT2D eigenvalue weighted by Gasteiger charge is -2.29. The Hall–Kier alpha value is -0.130. The van der Waals surface area contributed by atoms with Crippen LogP contribution in [-0.4, -0.2) is 55.7 Å². The van der Waals surface area contributed by atoms with Gasteiger partial charge in [0.2, 0.25) is 0 Å². The summed E-state index contributed by atoms with van der Waals surface area (Å²) in [6.45, 7) is 4.16. The predicted octanol–water partition coefficient (Wildman–Crippen LogP) is 0.268. The molecule has 1 aliphatic rings. The van der Waals surface area contributed by atoms with Crippen LogP contribution in [0.3, 0.4) is 0 Å². The maximum absolute atomic E-state index is 11.2. The molecule has 1 fully saturated rings. The summed E-state index contributed by atoms with van der Waals surface area (Å²) in [6, 6.07) is 0. The number of likely N-dealkylation sites (tertiary alicyclic amines) is 1. The highest BCUT2D eigenvalue weighted by Crippen LogP contribution is 2.10. The van der Waals surface area contributed by atoms with Gasteiger partial charge in [-0.15, -0.1) is 0 Å². The van der Waals surface area contributed by atoms with Crippen molar-refractivity contribution < 1.29 is 13.5 Å². The van der Waals surface area contributed by atoms with Crippen LogP contribution in [0.15, 0.2) is 0 Å². The monoisotopic (exact) mass is 235 g/mol. The molecule has 1 rings (SSSR count).